The lowest BCUT2D eigenvalue weighted by Gasteiger charge is -2.32. The highest BCUT2D eigenvalue weighted by molar-refractivity contribution is 6.44. The number of nitrogens with one attached hydrogen (secondary N) is 2. The van der Waals surface area contributed by atoms with E-state index in [1.165, 1.54) is 0 Å². The van der Waals surface area contributed by atoms with Crippen molar-refractivity contribution >= 4 is 46.6 Å². The van der Waals surface area contributed by atoms with Crippen LogP contribution in [0.5, 0.6) is 0 Å². The van der Waals surface area contributed by atoms with Crippen LogP contribution in [-0.4, -0.2) is 23.8 Å². The summed E-state index contributed by atoms with van der Waals surface area (Å²) in [7, 11) is 0. The van der Waals surface area contributed by atoms with E-state index in [0.29, 0.717) is 15.1 Å². The lowest BCUT2D eigenvalue weighted by atomic mass is 9.91. The molecule has 1 fully saturated rings. The molecule has 2 atom stereocenters. The third kappa shape index (κ3) is 5.91. The highest BCUT2D eigenvalue weighted by Crippen LogP contribution is 2.34. The van der Waals surface area contributed by atoms with Gasteiger partial charge >= 0.3 is 6.09 Å². The smallest absolute Gasteiger partial charge is 0.407 e. The maximum absolute atomic E-state index is 11.9. The molecule has 2 rings (SSSR count). The fourth-order valence-corrected chi connectivity index (χ4v) is 3.38. The third-order valence-corrected chi connectivity index (χ3v) is 4.80. The molecule has 0 aromatic heterocycles. The Morgan fingerprint density at radius 3 is 2.38 bits per heavy atom. The van der Waals surface area contributed by atoms with E-state index in [0.717, 1.165) is 31.4 Å². The maximum Gasteiger partial charge on any atom is 0.407 e. The van der Waals surface area contributed by atoms with Crippen LogP contribution in [0.2, 0.25) is 15.1 Å². The molecule has 0 aliphatic heterocycles. The molecule has 1 aliphatic carbocycles. The Hall–Kier alpha value is -0.840. The Bertz CT molecular complexity index is 602. The minimum atomic E-state index is -0.496. The molecule has 1 aliphatic rings. The zero-order valence-corrected chi connectivity index (χ0v) is 16.4. The second kappa shape index (κ2) is 8.03. The van der Waals surface area contributed by atoms with E-state index in [1.54, 1.807) is 12.1 Å². The number of alkyl carbamates (subject to hydrolysis) is 1. The van der Waals surface area contributed by atoms with Gasteiger partial charge < -0.3 is 15.4 Å². The van der Waals surface area contributed by atoms with Crippen LogP contribution in [0.1, 0.15) is 46.5 Å². The lowest BCUT2D eigenvalue weighted by Crippen LogP contribution is -2.43. The summed E-state index contributed by atoms with van der Waals surface area (Å²) in [6, 6.07) is 3.64. The van der Waals surface area contributed by atoms with Gasteiger partial charge in [0.05, 0.1) is 20.8 Å². The van der Waals surface area contributed by atoms with Crippen LogP contribution in [0.3, 0.4) is 0 Å². The number of amides is 1. The van der Waals surface area contributed by atoms with Gasteiger partial charge in [-0.2, -0.15) is 0 Å². The largest absolute Gasteiger partial charge is 0.444 e. The van der Waals surface area contributed by atoms with Gasteiger partial charge in [-0.1, -0.05) is 34.8 Å². The average Bonchev–Trinajstić information content (AvgIpc) is 2.43. The standard InChI is InChI=1S/C17H23Cl3N2O2/c1-17(2,3)24-16(23)22-11-6-4-5-10(7-11)21-15-9-13(19)12(18)8-14(15)20/h8-11,21H,4-7H2,1-3H3,(H,22,23). The van der Waals surface area contributed by atoms with Gasteiger partial charge in [0.1, 0.15) is 5.60 Å². The second-order valence-electron chi connectivity index (χ2n) is 7.10. The summed E-state index contributed by atoms with van der Waals surface area (Å²) >= 11 is 18.2. The Labute approximate surface area is 158 Å². The fourth-order valence-electron chi connectivity index (χ4n) is 2.78. The van der Waals surface area contributed by atoms with Crippen molar-refractivity contribution in [3.8, 4) is 0 Å². The molecule has 134 valence electrons. The molecular formula is C17H23Cl3N2O2. The fraction of sp³-hybridized carbons (Fsp3) is 0.588. The molecule has 0 saturated heterocycles. The summed E-state index contributed by atoms with van der Waals surface area (Å²) in [6.07, 6.45) is 3.38. The van der Waals surface area contributed by atoms with E-state index >= 15 is 0 Å². The van der Waals surface area contributed by atoms with Crippen molar-refractivity contribution in [2.75, 3.05) is 5.32 Å². The second-order valence-corrected chi connectivity index (χ2v) is 8.32. The van der Waals surface area contributed by atoms with E-state index in [2.05, 4.69) is 10.6 Å². The van der Waals surface area contributed by atoms with Crippen molar-refractivity contribution < 1.29 is 9.53 Å². The molecule has 2 unspecified atom stereocenters. The van der Waals surface area contributed by atoms with Crippen molar-refractivity contribution in [3.05, 3.63) is 27.2 Å². The van der Waals surface area contributed by atoms with Crippen molar-refractivity contribution in [1.29, 1.82) is 0 Å². The van der Waals surface area contributed by atoms with Gasteiger partial charge in [-0.3, -0.25) is 0 Å². The summed E-state index contributed by atoms with van der Waals surface area (Å²) in [5.74, 6) is 0. The maximum atomic E-state index is 11.9. The van der Waals surface area contributed by atoms with Crippen molar-refractivity contribution in [1.82, 2.24) is 5.32 Å². The van der Waals surface area contributed by atoms with Crippen molar-refractivity contribution in [3.63, 3.8) is 0 Å². The zero-order chi connectivity index (χ0) is 17.9. The minimum absolute atomic E-state index is 0.0765. The van der Waals surface area contributed by atoms with E-state index in [1.807, 2.05) is 20.8 Å². The summed E-state index contributed by atoms with van der Waals surface area (Å²) in [5, 5.41) is 7.77. The van der Waals surface area contributed by atoms with E-state index in [-0.39, 0.29) is 18.2 Å². The summed E-state index contributed by atoms with van der Waals surface area (Å²) in [5.41, 5.74) is 0.262. The van der Waals surface area contributed by atoms with Gasteiger partial charge in [0.2, 0.25) is 0 Å². The Morgan fingerprint density at radius 1 is 1.08 bits per heavy atom. The number of carbonyl (C=O) groups excluding carboxylic acids is 1. The first-order chi connectivity index (χ1) is 11.1. The first-order valence-electron chi connectivity index (χ1n) is 8.04. The topological polar surface area (TPSA) is 50.4 Å². The van der Waals surface area contributed by atoms with Crippen LogP contribution in [0.4, 0.5) is 10.5 Å². The molecular weight excluding hydrogens is 371 g/mol. The first kappa shape index (κ1) is 19.5. The molecule has 24 heavy (non-hydrogen) atoms. The van der Waals surface area contributed by atoms with Gasteiger partial charge in [-0.25, -0.2) is 4.79 Å². The molecule has 0 heterocycles. The van der Waals surface area contributed by atoms with Crippen LogP contribution < -0.4 is 10.6 Å². The zero-order valence-electron chi connectivity index (χ0n) is 14.1. The lowest BCUT2D eigenvalue weighted by molar-refractivity contribution is 0.0492. The number of carbonyl (C=O) groups is 1. The van der Waals surface area contributed by atoms with Gasteiger partial charge in [0.25, 0.3) is 0 Å². The van der Waals surface area contributed by atoms with Crippen LogP contribution in [0.15, 0.2) is 12.1 Å². The number of ether oxygens (including phenoxy) is 1. The SMILES string of the molecule is CC(C)(C)OC(=O)NC1CCCC(Nc2cc(Cl)c(Cl)cc2Cl)C1. The number of anilines is 1. The predicted octanol–water partition coefficient (Wildman–Crippen LogP) is 5.89. The van der Waals surface area contributed by atoms with E-state index < -0.39 is 5.60 Å². The monoisotopic (exact) mass is 392 g/mol. The Kier molecular flexibility index (Phi) is 6.52. The van der Waals surface area contributed by atoms with Gasteiger partial charge in [0, 0.05) is 12.1 Å². The molecule has 1 amide bonds. The Morgan fingerprint density at radius 2 is 1.71 bits per heavy atom. The van der Waals surface area contributed by atoms with Crippen LogP contribution in [0, 0.1) is 0 Å². The van der Waals surface area contributed by atoms with Crippen LogP contribution in [-0.2, 0) is 4.74 Å². The number of rotatable bonds is 3. The molecule has 0 spiro atoms. The number of hydrogen-bond acceptors (Lipinski definition) is 3. The number of benzene rings is 1. The van der Waals surface area contributed by atoms with Gasteiger partial charge in [0.15, 0.2) is 0 Å². The molecule has 0 bridgehead atoms. The normalized spacial score (nSPS) is 21.2. The predicted molar refractivity (Wildman–Crippen MR) is 101 cm³/mol. The molecule has 7 heteroatoms. The molecule has 2 N–H and O–H groups in total. The molecule has 0 radical (unpaired) electrons. The summed E-state index contributed by atoms with van der Waals surface area (Å²) < 4.78 is 5.32. The van der Waals surface area contributed by atoms with Crippen LogP contribution in [0.25, 0.3) is 0 Å². The molecule has 1 saturated carbocycles. The average molecular weight is 394 g/mol. The molecule has 1 aromatic rings. The van der Waals surface area contributed by atoms with Crippen molar-refractivity contribution in [2.45, 2.75) is 64.1 Å². The summed E-state index contributed by atoms with van der Waals surface area (Å²) in [6.45, 7) is 5.55. The van der Waals surface area contributed by atoms with E-state index in [9.17, 15) is 4.79 Å². The van der Waals surface area contributed by atoms with Gasteiger partial charge in [-0.15, -0.1) is 0 Å². The summed E-state index contributed by atoms with van der Waals surface area (Å²) in [4.78, 5) is 11.9. The quantitative estimate of drug-likeness (QED) is 0.629. The van der Waals surface area contributed by atoms with Gasteiger partial charge in [-0.05, 0) is 58.6 Å². The Balaban J connectivity index is 1.94. The van der Waals surface area contributed by atoms with Crippen LogP contribution >= 0.6 is 34.8 Å². The highest BCUT2D eigenvalue weighted by Gasteiger charge is 2.26. The van der Waals surface area contributed by atoms with E-state index in [4.69, 9.17) is 39.5 Å². The first-order valence-corrected chi connectivity index (χ1v) is 9.18. The molecule has 4 nitrogen and oxygen atoms in total. The third-order valence-electron chi connectivity index (χ3n) is 3.76. The minimum Gasteiger partial charge on any atom is -0.444 e. The van der Waals surface area contributed by atoms with Crippen molar-refractivity contribution in [2.24, 2.45) is 0 Å². The number of halogens is 3. The highest BCUT2D eigenvalue weighted by atomic mass is 35.5. The number of hydrogen-bond donors (Lipinski definition) is 2. The molecule has 1 aromatic carbocycles.